The molecule has 1 fully saturated rings. The summed E-state index contributed by atoms with van der Waals surface area (Å²) in [7, 11) is 0. The quantitative estimate of drug-likeness (QED) is 0.743. The number of ether oxygens (including phenoxy) is 1. The fraction of sp³-hybridized carbons (Fsp3) is 0.857. The molecule has 0 aromatic heterocycles. The van der Waals surface area contributed by atoms with Gasteiger partial charge < -0.3 is 10.1 Å². The van der Waals surface area contributed by atoms with Crippen LogP contribution in [0.5, 0.6) is 0 Å². The second-order valence-corrected chi connectivity index (χ2v) is 6.04. The van der Waals surface area contributed by atoms with Gasteiger partial charge in [0.25, 0.3) is 0 Å². The highest BCUT2D eigenvalue weighted by Crippen LogP contribution is 2.28. The van der Waals surface area contributed by atoms with Gasteiger partial charge in [0.1, 0.15) is 0 Å². The lowest BCUT2D eigenvalue weighted by Crippen LogP contribution is -2.45. The third kappa shape index (κ3) is 3.08. The zero-order valence-corrected chi connectivity index (χ0v) is 10.9. The Balaban J connectivity index is 1.80. The Bertz CT molecular complexity index is 266. The summed E-state index contributed by atoms with van der Waals surface area (Å²) in [6, 6.07) is 0. The van der Waals surface area contributed by atoms with E-state index in [1.807, 2.05) is 0 Å². The first-order chi connectivity index (χ1) is 7.57. The molecular weight excluding hydrogens is 198 g/mol. The van der Waals surface area contributed by atoms with E-state index in [0.29, 0.717) is 0 Å². The molecule has 0 spiro atoms. The van der Waals surface area contributed by atoms with Gasteiger partial charge in [0.05, 0.1) is 6.61 Å². The lowest BCUT2D eigenvalue weighted by molar-refractivity contribution is 0.168. The van der Waals surface area contributed by atoms with Crippen molar-refractivity contribution >= 4 is 0 Å². The maximum Gasteiger partial charge on any atom is 0.0646 e. The van der Waals surface area contributed by atoms with Crippen LogP contribution in [0.3, 0.4) is 0 Å². The van der Waals surface area contributed by atoms with Gasteiger partial charge >= 0.3 is 0 Å². The first-order valence-electron chi connectivity index (χ1n) is 6.57. The zero-order valence-electron chi connectivity index (χ0n) is 10.9. The van der Waals surface area contributed by atoms with Crippen molar-refractivity contribution in [2.75, 3.05) is 19.8 Å². The third-order valence-corrected chi connectivity index (χ3v) is 3.92. The molecule has 0 bridgehead atoms. The van der Waals surface area contributed by atoms with Crippen LogP contribution >= 0.6 is 0 Å². The lowest BCUT2D eigenvalue weighted by atomic mass is 9.83. The predicted molar refractivity (Wildman–Crippen MR) is 67.5 cm³/mol. The van der Waals surface area contributed by atoms with Gasteiger partial charge in [0.2, 0.25) is 0 Å². The molecular formula is C14H25NO. The summed E-state index contributed by atoms with van der Waals surface area (Å²) in [5, 5.41) is 3.72. The van der Waals surface area contributed by atoms with E-state index < -0.39 is 0 Å². The van der Waals surface area contributed by atoms with E-state index in [9.17, 15) is 0 Å². The lowest BCUT2D eigenvalue weighted by Gasteiger charge is -2.30. The molecule has 1 heterocycles. The van der Waals surface area contributed by atoms with E-state index in [2.05, 4.69) is 32.2 Å². The molecule has 16 heavy (non-hydrogen) atoms. The van der Waals surface area contributed by atoms with Crippen LogP contribution in [0.2, 0.25) is 0 Å². The highest BCUT2D eigenvalue weighted by molar-refractivity contribution is 5.06. The van der Waals surface area contributed by atoms with E-state index in [-0.39, 0.29) is 5.54 Å². The van der Waals surface area contributed by atoms with E-state index in [1.165, 1.54) is 12.8 Å². The van der Waals surface area contributed by atoms with Crippen molar-refractivity contribution in [3.63, 3.8) is 0 Å². The van der Waals surface area contributed by atoms with Crippen LogP contribution in [0, 0.1) is 11.8 Å². The summed E-state index contributed by atoms with van der Waals surface area (Å²) in [4.78, 5) is 0. The van der Waals surface area contributed by atoms with Crippen LogP contribution in [0.4, 0.5) is 0 Å². The first-order valence-corrected chi connectivity index (χ1v) is 6.57. The van der Waals surface area contributed by atoms with Gasteiger partial charge in [0, 0.05) is 12.1 Å². The van der Waals surface area contributed by atoms with Crippen LogP contribution in [0.1, 0.15) is 40.0 Å². The Morgan fingerprint density at radius 1 is 1.56 bits per heavy atom. The number of nitrogens with one attached hydrogen (secondary N) is 1. The molecule has 0 amide bonds. The molecule has 1 N–H and O–H groups in total. The summed E-state index contributed by atoms with van der Waals surface area (Å²) in [6.07, 6.45) is 6.19. The Labute approximate surface area is 99.4 Å². The minimum atomic E-state index is 0.234. The molecule has 3 atom stereocenters. The maximum atomic E-state index is 5.47. The number of allylic oxidation sites excluding steroid dienone is 2. The standard InChI is InChI=1S/C14H25NO/c1-11-6-12(2)8-13(7-11)9-15-14(3)4-5-16-10-14/h6,11,13,15H,4-5,7-10H2,1-3H3. The Kier molecular flexibility index (Phi) is 3.70. The predicted octanol–water partition coefficient (Wildman–Crippen LogP) is 2.75. The normalized spacial score (nSPS) is 39.8. The molecule has 3 unspecified atom stereocenters. The summed E-state index contributed by atoms with van der Waals surface area (Å²) in [5.41, 5.74) is 1.80. The van der Waals surface area contributed by atoms with Crippen molar-refractivity contribution in [2.24, 2.45) is 11.8 Å². The third-order valence-electron chi connectivity index (χ3n) is 3.92. The smallest absolute Gasteiger partial charge is 0.0646 e. The van der Waals surface area contributed by atoms with Crippen LogP contribution in [0.15, 0.2) is 11.6 Å². The van der Waals surface area contributed by atoms with E-state index in [4.69, 9.17) is 4.74 Å². The van der Waals surface area contributed by atoms with Gasteiger partial charge in [-0.1, -0.05) is 18.6 Å². The molecule has 1 saturated heterocycles. The molecule has 2 aliphatic rings. The topological polar surface area (TPSA) is 21.3 Å². The summed E-state index contributed by atoms with van der Waals surface area (Å²) in [5.74, 6) is 1.57. The SMILES string of the molecule is CC1=CC(C)CC(CNC2(C)CCOC2)C1. The largest absolute Gasteiger partial charge is 0.379 e. The van der Waals surface area contributed by atoms with Gasteiger partial charge in [-0.25, -0.2) is 0 Å². The fourth-order valence-corrected chi connectivity index (χ4v) is 3.04. The minimum Gasteiger partial charge on any atom is -0.379 e. The average Bonchev–Trinajstić information content (AvgIpc) is 2.62. The van der Waals surface area contributed by atoms with Crippen LogP contribution in [0.25, 0.3) is 0 Å². The summed E-state index contributed by atoms with van der Waals surface area (Å²) < 4.78 is 5.47. The first kappa shape index (κ1) is 12.1. The summed E-state index contributed by atoms with van der Waals surface area (Å²) >= 11 is 0. The van der Waals surface area contributed by atoms with Crippen LogP contribution in [-0.4, -0.2) is 25.3 Å². The molecule has 1 aliphatic carbocycles. The van der Waals surface area contributed by atoms with Gasteiger partial charge in [-0.2, -0.15) is 0 Å². The van der Waals surface area contributed by atoms with Crippen molar-refractivity contribution < 1.29 is 4.74 Å². The number of rotatable bonds is 3. The minimum absolute atomic E-state index is 0.234. The molecule has 0 saturated carbocycles. The van der Waals surface area contributed by atoms with Crippen molar-refractivity contribution in [1.82, 2.24) is 5.32 Å². The van der Waals surface area contributed by atoms with E-state index in [1.54, 1.807) is 5.57 Å². The Morgan fingerprint density at radius 2 is 2.38 bits per heavy atom. The van der Waals surface area contributed by atoms with E-state index in [0.717, 1.165) is 38.0 Å². The molecule has 2 heteroatoms. The summed E-state index contributed by atoms with van der Waals surface area (Å²) in [6.45, 7) is 9.83. The zero-order chi connectivity index (χ0) is 11.6. The molecule has 1 aliphatic heterocycles. The molecule has 0 radical (unpaired) electrons. The maximum absolute atomic E-state index is 5.47. The number of hydrogen-bond donors (Lipinski definition) is 1. The number of hydrogen-bond acceptors (Lipinski definition) is 2. The monoisotopic (exact) mass is 223 g/mol. The highest BCUT2D eigenvalue weighted by Gasteiger charge is 2.30. The van der Waals surface area contributed by atoms with Crippen molar-refractivity contribution in [1.29, 1.82) is 0 Å². The van der Waals surface area contributed by atoms with Crippen molar-refractivity contribution in [3.05, 3.63) is 11.6 Å². The van der Waals surface area contributed by atoms with Gasteiger partial charge in [0.15, 0.2) is 0 Å². The molecule has 0 aromatic carbocycles. The Morgan fingerprint density at radius 3 is 3.00 bits per heavy atom. The van der Waals surface area contributed by atoms with Crippen LogP contribution in [-0.2, 0) is 4.74 Å². The van der Waals surface area contributed by atoms with E-state index >= 15 is 0 Å². The second kappa shape index (κ2) is 4.89. The molecule has 0 aromatic rings. The Hall–Kier alpha value is -0.340. The average molecular weight is 223 g/mol. The molecule has 92 valence electrons. The highest BCUT2D eigenvalue weighted by atomic mass is 16.5. The van der Waals surface area contributed by atoms with Crippen molar-refractivity contribution in [3.8, 4) is 0 Å². The van der Waals surface area contributed by atoms with Crippen LogP contribution < -0.4 is 5.32 Å². The van der Waals surface area contributed by atoms with Crippen molar-refractivity contribution in [2.45, 2.75) is 45.6 Å². The fourth-order valence-electron chi connectivity index (χ4n) is 3.04. The second-order valence-electron chi connectivity index (χ2n) is 6.04. The van der Waals surface area contributed by atoms with Gasteiger partial charge in [-0.15, -0.1) is 0 Å². The molecule has 2 nitrogen and oxygen atoms in total. The van der Waals surface area contributed by atoms with Gasteiger partial charge in [-0.3, -0.25) is 0 Å². The van der Waals surface area contributed by atoms with Gasteiger partial charge in [-0.05, 0) is 51.5 Å². The molecule has 2 rings (SSSR count).